The zero-order valence-electron chi connectivity index (χ0n) is 28.4. The highest BCUT2D eigenvalue weighted by molar-refractivity contribution is 6.76. The van der Waals surface area contributed by atoms with Gasteiger partial charge < -0.3 is 19.7 Å². The SMILES string of the molecule is CC(C)c1nn(COCC[Si](C)(C)C)c(Cl)c1-c1ccnc(Nc2ccc(N3CCN(C(=O)OC(C)(C)C)C(C)(C)C3)cn2)n1. The number of pyridine rings is 1. The molecule has 3 aromatic rings. The highest BCUT2D eigenvalue weighted by atomic mass is 35.5. The third kappa shape index (κ3) is 9.17. The average molecular weight is 657 g/mol. The number of hydrogen-bond donors (Lipinski definition) is 1. The third-order valence-corrected chi connectivity index (χ3v) is 9.54. The Morgan fingerprint density at radius 2 is 1.87 bits per heavy atom. The lowest BCUT2D eigenvalue weighted by molar-refractivity contribution is 0.000370. The normalized spacial score (nSPS) is 15.5. The van der Waals surface area contributed by atoms with Crippen LogP contribution in [0.2, 0.25) is 30.8 Å². The van der Waals surface area contributed by atoms with E-state index in [9.17, 15) is 4.79 Å². The molecule has 1 amide bonds. The first kappa shape index (κ1) is 34.6. The van der Waals surface area contributed by atoms with E-state index in [1.54, 1.807) is 10.9 Å². The molecule has 1 saturated heterocycles. The molecule has 0 radical (unpaired) electrons. The van der Waals surface area contributed by atoms with Gasteiger partial charge in [0.05, 0.1) is 34.4 Å². The van der Waals surface area contributed by atoms with E-state index in [4.69, 9.17) is 31.2 Å². The molecule has 4 heterocycles. The minimum Gasteiger partial charge on any atom is -0.444 e. The number of amides is 1. The minimum absolute atomic E-state index is 0.136. The summed E-state index contributed by atoms with van der Waals surface area (Å²) in [5.41, 5.74) is 2.34. The Hall–Kier alpha value is -3.22. The summed E-state index contributed by atoms with van der Waals surface area (Å²) >= 11 is 6.86. The largest absolute Gasteiger partial charge is 0.444 e. The van der Waals surface area contributed by atoms with Gasteiger partial charge in [-0.2, -0.15) is 5.10 Å². The van der Waals surface area contributed by atoms with Crippen LogP contribution >= 0.6 is 11.6 Å². The van der Waals surface area contributed by atoms with E-state index in [2.05, 4.69) is 67.5 Å². The number of nitrogens with zero attached hydrogens (tertiary/aromatic N) is 7. The Morgan fingerprint density at radius 3 is 2.47 bits per heavy atom. The number of piperazine rings is 1. The third-order valence-electron chi connectivity index (χ3n) is 7.45. The van der Waals surface area contributed by atoms with Crippen molar-refractivity contribution in [3.63, 3.8) is 0 Å². The van der Waals surface area contributed by atoms with Crippen molar-refractivity contribution in [1.29, 1.82) is 0 Å². The topological polar surface area (TPSA) is 111 Å². The first-order chi connectivity index (χ1) is 20.9. The molecule has 3 aromatic heterocycles. The lowest BCUT2D eigenvalue weighted by Crippen LogP contribution is -2.61. The fourth-order valence-corrected chi connectivity index (χ4v) is 6.10. The maximum atomic E-state index is 12.8. The summed E-state index contributed by atoms with van der Waals surface area (Å²) in [5, 5.41) is 8.49. The fraction of sp³-hybridized carbons (Fsp3) is 0.594. The quantitative estimate of drug-likeness (QED) is 0.176. The van der Waals surface area contributed by atoms with Gasteiger partial charge in [-0.15, -0.1) is 0 Å². The molecular weight excluding hydrogens is 608 g/mol. The molecule has 1 fully saturated rings. The summed E-state index contributed by atoms with van der Waals surface area (Å²) in [6.07, 6.45) is 3.24. The van der Waals surface area contributed by atoms with Gasteiger partial charge in [0, 0.05) is 40.5 Å². The van der Waals surface area contributed by atoms with E-state index in [0.717, 1.165) is 23.0 Å². The first-order valence-corrected chi connectivity index (χ1v) is 19.7. The van der Waals surface area contributed by atoms with Crippen molar-refractivity contribution in [2.75, 3.05) is 36.5 Å². The number of hydrogen-bond acceptors (Lipinski definition) is 9. The van der Waals surface area contributed by atoms with Crippen LogP contribution in [0.3, 0.4) is 0 Å². The molecule has 0 atom stereocenters. The number of carbonyl (C=O) groups is 1. The zero-order valence-corrected chi connectivity index (χ0v) is 30.2. The molecule has 11 nitrogen and oxygen atoms in total. The fourth-order valence-electron chi connectivity index (χ4n) is 5.07. The van der Waals surface area contributed by atoms with Gasteiger partial charge in [0.2, 0.25) is 5.95 Å². The Kier molecular flexibility index (Phi) is 10.5. The Balaban J connectivity index is 1.44. The lowest BCUT2D eigenvalue weighted by atomic mass is 9.99. The maximum Gasteiger partial charge on any atom is 0.410 e. The van der Waals surface area contributed by atoms with Gasteiger partial charge >= 0.3 is 6.09 Å². The Bertz CT molecular complexity index is 1460. The molecule has 0 saturated carbocycles. The number of halogens is 1. The van der Waals surface area contributed by atoms with Crippen LogP contribution in [-0.4, -0.2) is 81.2 Å². The van der Waals surface area contributed by atoms with Gasteiger partial charge in [0.1, 0.15) is 23.3 Å². The van der Waals surface area contributed by atoms with Crippen LogP contribution in [0.25, 0.3) is 11.3 Å². The van der Waals surface area contributed by atoms with Crippen LogP contribution in [0, 0.1) is 0 Å². The summed E-state index contributed by atoms with van der Waals surface area (Å²) in [5.74, 6) is 1.16. The van der Waals surface area contributed by atoms with Crippen LogP contribution in [-0.2, 0) is 16.2 Å². The molecule has 1 aliphatic heterocycles. The second-order valence-corrected chi connectivity index (χ2v) is 20.7. The maximum absolute atomic E-state index is 12.8. The molecule has 0 aromatic carbocycles. The van der Waals surface area contributed by atoms with Crippen LogP contribution < -0.4 is 10.2 Å². The van der Waals surface area contributed by atoms with Crippen LogP contribution in [0.5, 0.6) is 0 Å². The number of ether oxygens (including phenoxy) is 2. The molecule has 0 bridgehead atoms. The van der Waals surface area contributed by atoms with Gasteiger partial charge in [-0.3, -0.25) is 4.90 Å². The van der Waals surface area contributed by atoms with Crippen LogP contribution in [0.4, 0.5) is 22.2 Å². The molecule has 0 unspecified atom stereocenters. The van der Waals surface area contributed by atoms with E-state index in [-0.39, 0.29) is 12.0 Å². The van der Waals surface area contributed by atoms with Gasteiger partial charge in [-0.25, -0.2) is 24.4 Å². The van der Waals surface area contributed by atoms with E-state index < -0.39 is 19.2 Å². The van der Waals surface area contributed by atoms with E-state index in [0.29, 0.717) is 55.6 Å². The van der Waals surface area contributed by atoms with Crippen molar-refractivity contribution >= 4 is 43.2 Å². The van der Waals surface area contributed by atoms with E-state index in [1.165, 1.54) is 0 Å². The average Bonchev–Trinajstić information content (AvgIpc) is 3.26. The molecule has 4 rings (SSSR count). The molecule has 1 N–H and O–H groups in total. The number of rotatable bonds is 10. The Labute approximate surface area is 273 Å². The molecule has 246 valence electrons. The predicted octanol–water partition coefficient (Wildman–Crippen LogP) is 7.40. The molecular formula is C32H49ClN8O3Si. The second-order valence-electron chi connectivity index (χ2n) is 14.7. The minimum atomic E-state index is -1.19. The standard InChI is InChI=1S/C32H49ClN8O3Si/c1-22(2)27-26(28(33)41(38-27)21-43-17-18-45(8,9)10)24-13-14-34-29(36-24)37-25-12-11-23(19-35-25)39-15-16-40(32(6,7)20-39)30(42)44-31(3,4)5/h11-14,19,22H,15-18,20-21H2,1-10H3,(H,34,35,36,37). The lowest BCUT2D eigenvalue weighted by Gasteiger charge is -2.47. The summed E-state index contributed by atoms with van der Waals surface area (Å²) in [7, 11) is -1.19. The number of carbonyl (C=O) groups excluding carboxylic acids is 1. The van der Waals surface area contributed by atoms with Crippen molar-refractivity contribution in [2.24, 2.45) is 0 Å². The van der Waals surface area contributed by atoms with Crippen LogP contribution in [0.15, 0.2) is 30.6 Å². The number of anilines is 3. The highest BCUT2D eigenvalue weighted by Crippen LogP contribution is 2.35. The summed E-state index contributed by atoms with van der Waals surface area (Å²) in [6.45, 7) is 23.8. The summed E-state index contributed by atoms with van der Waals surface area (Å²) in [4.78, 5) is 30.7. The van der Waals surface area contributed by atoms with Gasteiger partial charge in [-0.05, 0) is 64.8 Å². The molecule has 13 heteroatoms. The molecule has 45 heavy (non-hydrogen) atoms. The van der Waals surface area contributed by atoms with E-state index >= 15 is 0 Å². The van der Waals surface area contributed by atoms with Crippen molar-refractivity contribution in [3.8, 4) is 11.3 Å². The van der Waals surface area contributed by atoms with Gasteiger partial charge in [-0.1, -0.05) is 45.1 Å². The van der Waals surface area contributed by atoms with Crippen molar-refractivity contribution < 1.29 is 14.3 Å². The van der Waals surface area contributed by atoms with Gasteiger partial charge in [0.25, 0.3) is 0 Å². The summed E-state index contributed by atoms with van der Waals surface area (Å²) in [6, 6.07) is 6.83. The zero-order chi connectivity index (χ0) is 33.2. The first-order valence-electron chi connectivity index (χ1n) is 15.6. The Morgan fingerprint density at radius 1 is 1.13 bits per heavy atom. The number of aromatic nitrogens is 5. The van der Waals surface area contributed by atoms with Gasteiger partial charge in [0.15, 0.2) is 0 Å². The van der Waals surface area contributed by atoms with Crippen molar-refractivity contribution in [1.82, 2.24) is 29.6 Å². The monoisotopic (exact) mass is 656 g/mol. The molecule has 0 aliphatic carbocycles. The van der Waals surface area contributed by atoms with Crippen molar-refractivity contribution in [2.45, 2.75) is 97.9 Å². The smallest absolute Gasteiger partial charge is 0.410 e. The molecule has 0 spiro atoms. The van der Waals surface area contributed by atoms with Crippen LogP contribution in [0.1, 0.15) is 60.1 Å². The number of nitrogens with one attached hydrogen (secondary N) is 1. The molecule has 1 aliphatic rings. The van der Waals surface area contributed by atoms with E-state index in [1.807, 2.05) is 50.1 Å². The highest BCUT2D eigenvalue weighted by Gasteiger charge is 2.39. The predicted molar refractivity (Wildman–Crippen MR) is 183 cm³/mol. The van der Waals surface area contributed by atoms with Crippen molar-refractivity contribution in [3.05, 3.63) is 41.4 Å². The summed E-state index contributed by atoms with van der Waals surface area (Å²) < 4.78 is 13.3. The second kappa shape index (κ2) is 13.6.